The maximum Gasteiger partial charge on any atom is 0.127 e. The molecule has 0 bridgehead atoms. The van der Waals surface area contributed by atoms with Gasteiger partial charge in [-0.05, 0) is 48.8 Å². The van der Waals surface area contributed by atoms with Gasteiger partial charge in [-0.25, -0.2) is 4.39 Å². The van der Waals surface area contributed by atoms with Crippen molar-refractivity contribution in [2.75, 3.05) is 0 Å². The van der Waals surface area contributed by atoms with Crippen molar-refractivity contribution in [3.05, 3.63) is 34.6 Å². The third-order valence-corrected chi connectivity index (χ3v) is 4.92. The molecule has 0 heterocycles. The Morgan fingerprint density at radius 3 is 2.63 bits per heavy atom. The minimum absolute atomic E-state index is 0.121. The fraction of sp³-hybridized carbons (Fsp3) is 0.600. The lowest BCUT2D eigenvalue weighted by Gasteiger charge is -2.36. The average molecular weight is 285 g/mol. The van der Waals surface area contributed by atoms with Crippen molar-refractivity contribution in [3.8, 4) is 0 Å². The molecule has 0 aliphatic heterocycles. The van der Waals surface area contributed by atoms with Crippen molar-refractivity contribution < 1.29 is 4.39 Å². The number of halogens is 2. The van der Waals surface area contributed by atoms with Crippen LogP contribution < -0.4 is 11.3 Å². The summed E-state index contributed by atoms with van der Waals surface area (Å²) >= 11 is 5.79. The van der Waals surface area contributed by atoms with Gasteiger partial charge in [0.05, 0.1) is 0 Å². The second-order valence-corrected chi connectivity index (χ2v) is 6.02. The molecule has 1 fully saturated rings. The fourth-order valence-electron chi connectivity index (χ4n) is 3.39. The highest BCUT2D eigenvalue weighted by Gasteiger charge is 2.39. The summed E-state index contributed by atoms with van der Waals surface area (Å²) < 4.78 is 13.9. The molecule has 1 aliphatic carbocycles. The van der Waals surface area contributed by atoms with Crippen LogP contribution in [0, 0.1) is 11.2 Å². The van der Waals surface area contributed by atoms with Gasteiger partial charge < -0.3 is 0 Å². The van der Waals surface area contributed by atoms with Gasteiger partial charge in [-0.2, -0.15) is 0 Å². The molecule has 2 nitrogen and oxygen atoms in total. The highest BCUT2D eigenvalue weighted by atomic mass is 35.5. The van der Waals surface area contributed by atoms with E-state index < -0.39 is 0 Å². The topological polar surface area (TPSA) is 38.0 Å². The van der Waals surface area contributed by atoms with E-state index in [2.05, 4.69) is 12.3 Å². The molecule has 0 saturated heterocycles. The summed E-state index contributed by atoms with van der Waals surface area (Å²) in [5.41, 5.74) is 3.82. The normalized spacial score (nSPS) is 19.6. The third kappa shape index (κ3) is 3.10. The number of hydrogen-bond acceptors (Lipinski definition) is 2. The largest absolute Gasteiger partial charge is 0.271 e. The van der Waals surface area contributed by atoms with E-state index in [1.807, 2.05) is 0 Å². The Labute approximate surface area is 119 Å². The van der Waals surface area contributed by atoms with Gasteiger partial charge in [0.1, 0.15) is 5.82 Å². The zero-order chi connectivity index (χ0) is 13.9. The lowest BCUT2D eigenvalue weighted by atomic mass is 9.74. The van der Waals surface area contributed by atoms with Gasteiger partial charge in [0.25, 0.3) is 0 Å². The first-order valence-corrected chi connectivity index (χ1v) is 7.39. The lowest BCUT2D eigenvalue weighted by molar-refractivity contribution is 0.184. The minimum Gasteiger partial charge on any atom is -0.271 e. The van der Waals surface area contributed by atoms with Crippen LogP contribution in [-0.2, 0) is 6.42 Å². The van der Waals surface area contributed by atoms with Crippen LogP contribution in [0.1, 0.15) is 44.6 Å². The maximum absolute atomic E-state index is 13.9. The summed E-state index contributed by atoms with van der Waals surface area (Å²) in [6.07, 6.45) is 6.54. The van der Waals surface area contributed by atoms with E-state index in [9.17, 15) is 4.39 Å². The lowest BCUT2D eigenvalue weighted by Crippen LogP contribution is -2.48. The molecule has 1 atom stereocenters. The molecule has 1 aromatic carbocycles. The molecule has 0 spiro atoms. The van der Waals surface area contributed by atoms with Gasteiger partial charge in [0.15, 0.2) is 0 Å². The van der Waals surface area contributed by atoms with Crippen LogP contribution in [0.5, 0.6) is 0 Å². The first-order valence-electron chi connectivity index (χ1n) is 7.01. The van der Waals surface area contributed by atoms with Crippen molar-refractivity contribution in [2.24, 2.45) is 11.3 Å². The summed E-state index contributed by atoms with van der Waals surface area (Å²) in [6.45, 7) is 2.20. The van der Waals surface area contributed by atoms with Crippen LogP contribution in [0.3, 0.4) is 0 Å². The maximum atomic E-state index is 13.9. The van der Waals surface area contributed by atoms with E-state index in [0.29, 0.717) is 17.0 Å². The zero-order valence-electron chi connectivity index (χ0n) is 11.4. The highest BCUT2D eigenvalue weighted by molar-refractivity contribution is 6.30. The Kier molecular flexibility index (Phi) is 4.82. The Balaban J connectivity index is 2.18. The molecule has 4 heteroatoms. The van der Waals surface area contributed by atoms with Crippen LogP contribution in [-0.4, -0.2) is 6.04 Å². The molecule has 0 amide bonds. The highest BCUT2D eigenvalue weighted by Crippen LogP contribution is 2.44. The second kappa shape index (κ2) is 6.21. The molecule has 3 N–H and O–H groups in total. The summed E-state index contributed by atoms with van der Waals surface area (Å²) in [5, 5.41) is 0.435. The van der Waals surface area contributed by atoms with Crippen LogP contribution >= 0.6 is 11.6 Å². The van der Waals surface area contributed by atoms with Crippen LogP contribution in [0.25, 0.3) is 0 Å². The first-order chi connectivity index (χ1) is 9.11. The predicted octanol–water partition coefficient (Wildman–Crippen LogP) is 3.82. The smallest absolute Gasteiger partial charge is 0.127 e. The molecule has 0 aromatic heterocycles. The molecule has 19 heavy (non-hydrogen) atoms. The monoisotopic (exact) mass is 284 g/mol. The van der Waals surface area contributed by atoms with E-state index in [1.165, 1.54) is 31.7 Å². The number of hydrazine groups is 1. The quantitative estimate of drug-likeness (QED) is 0.637. The molecule has 2 rings (SSSR count). The standard InChI is InChI=1S/C15H22ClFN2/c1-2-15(7-3-4-8-15)14(19-18)9-11-5-6-12(16)10-13(11)17/h5-6,10,14,19H,2-4,7-9,18H2,1H3. The van der Waals surface area contributed by atoms with Gasteiger partial charge >= 0.3 is 0 Å². The van der Waals surface area contributed by atoms with Crippen LogP contribution in [0.15, 0.2) is 18.2 Å². The summed E-state index contributed by atoms with van der Waals surface area (Å²) in [7, 11) is 0. The average Bonchev–Trinajstić information content (AvgIpc) is 2.88. The summed E-state index contributed by atoms with van der Waals surface area (Å²) in [6, 6.07) is 4.99. The van der Waals surface area contributed by atoms with Gasteiger partial charge in [-0.3, -0.25) is 11.3 Å². The summed E-state index contributed by atoms with van der Waals surface area (Å²) in [4.78, 5) is 0. The zero-order valence-corrected chi connectivity index (χ0v) is 12.1. The Morgan fingerprint density at radius 2 is 2.11 bits per heavy atom. The second-order valence-electron chi connectivity index (χ2n) is 5.58. The van der Waals surface area contributed by atoms with E-state index >= 15 is 0 Å². The van der Waals surface area contributed by atoms with Gasteiger partial charge in [0, 0.05) is 11.1 Å². The van der Waals surface area contributed by atoms with Crippen molar-refractivity contribution in [1.82, 2.24) is 5.43 Å². The van der Waals surface area contributed by atoms with Gasteiger partial charge in [-0.1, -0.05) is 37.4 Å². The molecule has 1 saturated carbocycles. The summed E-state index contributed by atoms with van der Waals surface area (Å²) in [5.74, 6) is 5.50. The predicted molar refractivity (Wildman–Crippen MR) is 77.4 cm³/mol. The Bertz CT molecular complexity index is 430. The fourth-order valence-corrected chi connectivity index (χ4v) is 3.55. The van der Waals surface area contributed by atoms with Crippen molar-refractivity contribution in [1.29, 1.82) is 0 Å². The molecule has 1 aromatic rings. The number of hydrogen-bond donors (Lipinski definition) is 2. The number of benzene rings is 1. The van der Waals surface area contributed by atoms with Crippen LogP contribution in [0.4, 0.5) is 4.39 Å². The van der Waals surface area contributed by atoms with Crippen molar-refractivity contribution >= 4 is 11.6 Å². The van der Waals surface area contributed by atoms with E-state index in [0.717, 1.165) is 6.42 Å². The number of nitrogens with two attached hydrogens (primary N) is 1. The first kappa shape index (κ1) is 14.8. The Morgan fingerprint density at radius 1 is 1.42 bits per heavy atom. The van der Waals surface area contributed by atoms with Gasteiger partial charge in [-0.15, -0.1) is 0 Å². The van der Waals surface area contributed by atoms with Gasteiger partial charge in [0.2, 0.25) is 0 Å². The van der Waals surface area contributed by atoms with Crippen LogP contribution in [0.2, 0.25) is 5.02 Å². The van der Waals surface area contributed by atoms with Crippen molar-refractivity contribution in [2.45, 2.75) is 51.5 Å². The number of rotatable bonds is 5. The molecule has 1 aliphatic rings. The Hall–Kier alpha value is -0.640. The molecule has 1 unspecified atom stereocenters. The molecule has 0 radical (unpaired) electrons. The molecular formula is C15H22ClFN2. The van der Waals surface area contributed by atoms with Crippen molar-refractivity contribution in [3.63, 3.8) is 0 Å². The van der Waals surface area contributed by atoms with E-state index in [1.54, 1.807) is 12.1 Å². The SMILES string of the molecule is CCC1(C(Cc2ccc(Cl)cc2F)NN)CCCC1. The number of nitrogens with one attached hydrogen (secondary N) is 1. The van der Waals surface area contributed by atoms with E-state index in [4.69, 9.17) is 17.4 Å². The third-order valence-electron chi connectivity index (χ3n) is 4.68. The van der Waals surface area contributed by atoms with E-state index in [-0.39, 0.29) is 17.3 Å². The minimum atomic E-state index is -0.239. The molecular weight excluding hydrogens is 263 g/mol. The molecule has 106 valence electrons.